The first-order valence-corrected chi connectivity index (χ1v) is 9.20. The smallest absolute Gasteiger partial charge is 0.242 e. The van der Waals surface area contributed by atoms with Crippen LogP contribution >= 0.6 is 0 Å². The summed E-state index contributed by atoms with van der Waals surface area (Å²) in [6.07, 6.45) is 5.03. The SMILES string of the molecule is CN(C)C(=O)CNC(=NCC(=O)NC(C)(C)C)NC1CC2CCC1C2. The number of guanidine groups is 1. The van der Waals surface area contributed by atoms with Crippen LogP contribution in [0.4, 0.5) is 0 Å². The van der Waals surface area contributed by atoms with Crippen molar-refractivity contribution in [2.24, 2.45) is 16.8 Å². The van der Waals surface area contributed by atoms with Gasteiger partial charge in [-0.1, -0.05) is 6.42 Å². The molecule has 3 N–H and O–H groups in total. The molecule has 3 atom stereocenters. The first-order chi connectivity index (χ1) is 11.6. The number of nitrogens with one attached hydrogen (secondary N) is 3. The molecule has 2 rings (SSSR count). The Morgan fingerprint density at radius 3 is 2.40 bits per heavy atom. The van der Waals surface area contributed by atoms with Gasteiger partial charge in [-0.25, -0.2) is 4.99 Å². The molecule has 142 valence electrons. The lowest BCUT2D eigenvalue weighted by Gasteiger charge is -2.25. The Hall–Kier alpha value is -1.79. The van der Waals surface area contributed by atoms with Gasteiger partial charge in [0.1, 0.15) is 6.54 Å². The minimum absolute atomic E-state index is 0.0263. The summed E-state index contributed by atoms with van der Waals surface area (Å²) in [5.74, 6) is 1.90. The molecule has 0 heterocycles. The molecule has 2 aliphatic rings. The van der Waals surface area contributed by atoms with E-state index in [4.69, 9.17) is 0 Å². The lowest BCUT2D eigenvalue weighted by molar-refractivity contribution is -0.127. The number of carbonyl (C=O) groups is 2. The van der Waals surface area contributed by atoms with Gasteiger partial charge in [-0.2, -0.15) is 0 Å². The van der Waals surface area contributed by atoms with Crippen molar-refractivity contribution in [3.63, 3.8) is 0 Å². The quantitative estimate of drug-likeness (QED) is 0.503. The van der Waals surface area contributed by atoms with Gasteiger partial charge < -0.3 is 20.9 Å². The van der Waals surface area contributed by atoms with E-state index in [0.717, 1.165) is 12.3 Å². The predicted octanol–water partition coefficient (Wildman–Crippen LogP) is 0.713. The van der Waals surface area contributed by atoms with Crippen LogP contribution in [-0.2, 0) is 9.59 Å². The molecule has 3 unspecified atom stereocenters. The van der Waals surface area contributed by atoms with Crippen LogP contribution in [0.5, 0.6) is 0 Å². The third-order valence-electron chi connectivity index (χ3n) is 4.86. The zero-order valence-corrected chi connectivity index (χ0v) is 16.2. The Kier molecular flexibility index (Phi) is 6.30. The lowest BCUT2D eigenvalue weighted by Crippen LogP contribution is -2.49. The fourth-order valence-corrected chi connectivity index (χ4v) is 3.68. The van der Waals surface area contributed by atoms with Gasteiger partial charge in [0.05, 0.1) is 6.54 Å². The highest BCUT2D eigenvalue weighted by Crippen LogP contribution is 2.44. The van der Waals surface area contributed by atoms with E-state index in [2.05, 4.69) is 20.9 Å². The number of nitrogens with zero attached hydrogens (tertiary/aromatic N) is 2. The minimum Gasteiger partial charge on any atom is -0.353 e. The molecule has 0 radical (unpaired) electrons. The van der Waals surface area contributed by atoms with Crippen LogP contribution in [0.15, 0.2) is 4.99 Å². The largest absolute Gasteiger partial charge is 0.353 e. The fraction of sp³-hybridized carbons (Fsp3) is 0.833. The molecule has 2 saturated carbocycles. The number of likely N-dealkylation sites (N-methyl/N-ethyl adjacent to an activating group) is 1. The molecule has 0 aromatic heterocycles. The van der Waals surface area contributed by atoms with Crippen LogP contribution in [0.1, 0.15) is 46.5 Å². The normalized spacial score (nSPS) is 25.6. The average Bonchev–Trinajstić information content (AvgIpc) is 3.10. The third-order valence-corrected chi connectivity index (χ3v) is 4.86. The molecule has 2 bridgehead atoms. The van der Waals surface area contributed by atoms with Crippen LogP contribution in [0.3, 0.4) is 0 Å². The number of aliphatic imine (C=N–C) groups is 1. The van der Waals surface area contributed by atoms with Gasteiger partial charge >= 0.3 is 0 Å². The maximum Gasteiger partial charge on any atom is 0.242 e. The molecule has 7 heteroatoms. The van der Waals surface area contributed by atoms with Gasteiger partial charge in [0, 0.05) is 25.7 Å². The second-order valence-corrected chi connectivity index (χ2v) is 8.53. The van der Waals surface area contributed by atoms with E-state index in [9.17, 15) is 9.59 Å². The molecule has 2 fully saturated rings. The number of carbonyl (C=O) groups excluding carboxylic acids is 2. The fourth-order valence-electron chi connectivity index (χ4n) is 3.68. The van der Waals surface area contributed by atoms with Crippen molar-refractivity contribution in [3.05, 3.63) is 0 Å². The molecule has 2 aliphatic carbocycles. The molecule has 25 heavy (non-hydrogen) atoms. The van der Waals surface area contributed by atoms with E-state index in [1.165, 1.54) is 24.2 Å². The van der Waals surface area contributed by atoms with E-state index < -0.39 is 0 Å². The van der Waals surface area contributed by atoms with Gasteiger partial charge in [0.2, 0.25) is 11.8 Å². The average molecular weight is 351 g/mol. The molecule has 0 aliphatic heterocycles. The summed E-state index contributed by atoms with van der Waals surface area (Å²) in [4.78, 5) is 29.8. The number of rotatable bonds is 5. The topological polar surface area (TPSA) is 85.8 Å². The van der Waals surface area contributed by atoms with E-state index in [0.29, 0.717) is 17.9 Å². The number of amides is 2. The molecule has 0 aromatic carbocycles. The highest BCUT2D eigenvalue weighted by atomic mass is 16.2. The molecule has 0 spiro atoms. The second kappa shape index (κ2) is 8.06. The Morgan fingerprint density at radius 1 is 1.16 bits per heavy atom. The van der Waals surface area contributed by atoms with Gasteiger partial charge in [-0.05, 0) is 51.9 Å². The first kappa shape index (κ1) is 19.5. The summed E-state index contributed by atoms with van der Waals surface area (Å²) in [6.45, 7) is 6.04. The zero-order valence-electron chi connectivity index (χ0n) is 16.2. The molecule has 0 aromatic rings. The number of fused-ring (bicyclic) bond motifs is 2. The predicted molar refractivity (Wildman–Crippen MR) is 99.3 cm³/mol. The second-order valence-electron chi connectivity index (χ2n) is 8.53. The van der Waals surface area contributed by atoms with Crippen LogP contribution in [0.2, 0.25) is 0 Å². The van der Waals surface area contributed by atoms with Crippen molar-refractivity contribution in [1.29, 1.82) is 0 Å². The maximum atomic E-state index is 12.0. The lowest BCUT2D eigenvalue weighted by atomic mass is 9.95. The van der Waals surface area contributed by atoms with Gasteiger partial charge in [-0.15, -0.1) is 0 Å². The number of hydrogen-bond acceptors (Lipinski definition) is 3. The summed E-state index contributed by atoms with van der Waals surface area (Å²) in [5, 5.41) is 9.42. The van der Waals surface area contributed by atoms with Crippen molar-refractivity contribution in [2.75, 3.05) is 27.2 Å². The highest BCUT2D eigenvalue weighted by molar-refractivity contribution is 5.88. The van der Waals surface area contributed by atoms with Crippen LogP contribution in [0, 0.1) is 11.8 Å². The summed E-state index contributed by atoms with van der Waals surface area (Å²) >= 11 is 0. The third kappa shape index (κ3) is 6.21. The van der Waals surface area contributed by atoms with Gasteiger partial charge in [0.15, 0.2) is 5.96 Å². The Bertz CT molecular complexity index is 524. The monoisotopic (exact) mass is 351 g/mol. The van der Waals surface area contributed by atoms with Crippen LogP contribution in [0.25, 0.3) is 0 Å². The Labute approximate surface area is 151 Å². The van der Waals surface area contributed by atoms with Crippen molar-refractivity contribution in [1.82, 2.24) is 20.9 Å². The first-order valence-electron chi connectivity index (χ1n) is 9.20. The van der Waals surface area contributed by atoms with Crippen LogP contribution in [-0.4, -0.2) is 61.4 Å². The molecule has 0 saturated heterocycles. The van der Waals surface area contributed by atoms with Crippen molar-refractivity contribution in [2.45, 2.75) is 58.0 Å². The minimum atomic E-state index is -0.279. The molecular weight excluding hydrogens is 318 g/mol. The van der Waals surface area contributed by atoms with Gasteiger partial charge in [-0.3, -0.25) is 9.59 Å². The molecule has 7 nitrogen and oxygen atoms in total. The molecular formula is C18H33N5O2. The van der Waals surface area contributed by atoms with E-state index >= 15 is 0 Å². The maximum absolute atomic E-state index is 12.0. The van der Waals surface area contributed by atoms with Gasteiger partial charge in [0.25, 0.3) is 0 Å². The highest BCUT2D eigenvalue weighted by Gasteiger charge is 2.39. The Balaban J connectivity index is 1.94. The van der Waals surface area contributed by atoms with Crippen molar-refractivity contribution >= 4 is 17.8 Å². The Morgan fingerprint density at radius 2 is 1.88 bits per heavy atom. The summed E-state index contributed by atoms with van der Waals surface area (Å²) in [6, 6.07) is 0.394. The standard InChI is InChI=1S/C18H33N5O2/c1-18(2,3)22-15(24)10-19-17(20-11-16(25)23(4)5)21-14-9-12-6-7-13(14)8-12/h12-14H,6-11H2,1-5H3,(H,22,24)(H2,19,20,21). The number of hydrogen-bond donors (Lipinski definition) is 3. The summed E-state index contributed by atoms with van der Waals surface area (Å²) in [7, 11) is 3.45. The van der Waals surface area contributed by atoms with Crippen molar-refractivity contribution < 1.29 is 9.59 Å². The summed E-state index contributed by atoms with van der Waals surface area (Å²) in [5.41, 5.74) is -0.279. The van der Waals surface area contributed by atoms with E-state index in [1.807, 2.05) is 20.8 Å². The zero-order chi connectivity index (χ0) is 18.6. The van der Waals surface area contributed by atoms with Crippen molar-refractivity contribution in [3.8, 4) is 0 Å². The van der Waals surface area contributed by atoms with E-state index in [-0.39, 0.29) is 30.4 Å². The van der Waals surface area contributed by atoms with Crippen LogP contribution < -0.4 is 16.0 Å². The van der Waals surface area contributed by atoms with E-state index in [1.54, 1.807) is 14.1 Å². The summed E-state index contributed by atoms with van der Waals surface area (Å²) < 4.78 is 0. The molecule has 2 amide bonds.